The lowest BCUT2D eigenvalue weighted by Crippen LogP contribution is -2.34. The van der Waals surface area contributed by atoms with E-state index in [-0.39, 0.29) is 0 Å². The van der Waals surface area contributed by atoms with Crippen molar-refractivity contribution in [1.29, 1.82) is 0 Å². The molecule has 0 amide bonds. The van der Waals surface area contributed by atoms with Gasteiger partial charge < -0.3 is 0 Å². The first-order valence-electron chi connectivity index (χ1n) is 12.7. The maximum absolute atomic E-state index is 2.56. The van der Waals surface area contributed by atoms with E-state index < -0.39 is 8.07 Å². The van der Waals surface area contributed by atoms with Crippen LogP contribution in [-0.4, -0.2) is 8.07 Å². The molecular formula is C34H32Si. The molecule has 0 atom stereocenters. The van der Waals surface area contributed by atoms with Gasteiger partial charge in [-0.1, -0.05) is 121 Å². The van der Waals surface area contributed by atoms with Gasteiger partial charge in [0, 0.05) is 0 Å². The van der Waals surface area contributed by atoms with Crippen molar-refractivity contribution in [2.75, 3.05) is 0 Å². The number of hydrogen-bond donors (Lipinski definition) is 0. The van der Waals surface area contributed by atoms with Crippen molar-refractivity contribution in [3.63, 3.8) is 0 Å². The second-order valence-corrected chi connectivity index (χ2v) is 14.8. The summed E-state index contributed by atoms with van der Waals surface area (Å²) in [6.45, 7) is 9.79. The summed E-state index contributed by atoms with van der Waals surface area (Å²) in [5.41, 5.74) is 14.3. The summed E-state index contributed by atoms with van der Waals surface area (Å²) < 4.78 is 0. The molecule has 0 unspecified atom stereocenters. The van der Waals surface area contributed by atoms with Crippen LogP contribution in [0.1, 0.15) is 37.8 Å². The Hall–Kier alpha value is -3.42. The number of benzene rings is 2. The van der Waals surface area contributed by atoms with Gasteiger partial charge >= 0.3 is 0 Å². The van der Waals surface area contributed by atoms with E-state index in [4.69, 9.17) is 0 Å². The molecule has 0 aliphatic heterocycles. The number of rotatable bonds is 4. The molecule has 0 saturated heterocycles. The van der Waals surface area contributed by atoms with Crippen molar-refractivity contribution in [1.82, 2.24) is 0 Å². The Balaban J connectivity index is 1.53. The second kappa shape index (κ2) is 8.36. The van der Waals surface area contributed by atoms with E-state index in [1.54, 1.807) is 10.4 Å². The summed E-state index contributed by atoms with van der Waals surface area (Å²) in [4.78, 5) is 0. The minimum Gasteiger partial charge on any atom is -0.0795 e. The van der Waals surface area contributed by atoms with Crippen LogP contribution >= 0.6 is 0 Å². The highest BCUT2D eigenvalue weighted by Gasteiger charge is 2.41. The number of allylic oxidation sites excluding steroid dienone is 16. The standard InChI is InChI=1S/C34H32Si/c1-23-21-31-27(25-13-7-5-8-14-25)17-11-19-29(31)33(23)35(3,4)34-24(2)22-32-28(18-12-20-30(32)34)26-15-9-6-10-16-26/h5-16,19-22H,17-18H2,1-4H3. The highest BCUT2D eigenvalue weighted by molar-refractivity contribution is 6.92. The molecule has 6 rings (SSSR count). The van der Waals surface area contributed by atoms with Gasteiger partial charge in [-0.2, -0.15) is 0 Å². The molecule has 0 nitrogen and oxygen atoms in total. The van der Waals surface area contributed by atoms with Crippen LogP contribution < -0.4 is 0 Å². The molecule has 4 aliphatic carbocycles. The van der Waals surface area contributed by atoms with Crippen molar-refractivity contribution in [2.24, 2.45) is 0 Å². The average Bonchev–Trinajstić information content (AvgIpc) is 3.41. The van der Waals surface area contributed by atoms with E-state index in [9.17, 15) is 0 Å². The zero-order valence-electron chi connectivity index (χ0n) is 21.2. The SMILES string of the molecule is CC1=CC2=C(c3ccccc3)CC=CC2=C1[Si](C)(C)C1=C2C=CCC(c3ccccc3)=C2C=C1C. The van der Waals surface area contributed by atoms with Gasteiger partial charge in [0.25, 0.3) is 0 Å². The van der Waals surface area contributed by atoms with Crippen molar-refractivity contribution < 1.29 is 0 Å². The Labute approximate surface area is 210 Å². The van der Waals surface area contributed by atoms with E-state index in [0.717, 1.165) is 12.8 Å². The fraction of sp³-hybridized carbons (Fsp3) is 0.176. The van der Waals surface area contributed by atoms with E-state index in [1.165, 1.54) is 55.7 Å². The Bertz CT molecular complexity index is 1360. The fourth-order valence-corrected chi connectivity index (χ4v) is 10.8. The molecule has 0 aromatic heterocycles. The first kappa shape index (κ1) is 22.1. The van der Waals surface area contributed by atoms with Crippen LogP contribution in [0, 0.1) is 0 Å². The molecule has 0 spiro atoms. The van der Waals surface area contributed by atoms with E-state index in [2.05, 4.69) is 124 Å². The van der Waals surface area contributed by atoms with Crippen LogP contribution in [0.2, 0.25) is 13.1 Å². The van der Waals surface area contributed by atoms with Crippen LogP contribution in [0.4, 0.5) is 0 Å². The van der Waals surface area contributed by atoms with Crippen LogP contribution in [0.3, 0.4) is 0 Å². The molecule has 2 aromatic rings. The lowest BCUT2D eigenvalue weighted by atomic mass is 9.90. The summed E-state index contributed by atoms with van der Waals surface area (Å²) in [5.74, 6) is 0. The molecule has 2 aromatic carbocycles. The average molecular weight is 469 g/mol. The van der Waals surface area contributed by atoms with Gasteiger partial charge in [0.05, 0.1) is 0 Å². The molecule has 0 N–H and O–H groups in total. The Kier molecular flexibility index (Phi) is 5.27. The molecular weight excluding hydrogens is 436 g/mol. The zero-order valence-corrected chi connectivity index (χ0v) is 22.2. The first-order valence-corrected chi connectivity index (χ1v) is 15.7. The zero-order chi connectivity index (χ0) is 24.2. The van der Waals surface area contributed by atoms with Crippen molar-refractivity contribution in [3.05, 3.63) is 152 Å². The van der Waals surface area contributed by atoms with Gasteiger partial charge in [-0.25, -0.2) is 0 Å². The van der Waals surface area contributed by atoms with Gasteiger partial charge in [-0.05, 0) is 81.6 Å². The van der Waals surface area contributed by atoms with Gasteiger partial charge in [0.2, 0.25) is 0 Å². The van der Waals surface area contributed by atoms with Crippen molar-refractivity contribution >= 4 is 19.2 Å². The van der Waals surface area contributed by atoms with Crippen LogP contribution in [0.25, 0.3) is 11.1 Å². The lowest BCUT2D eigenvalue weighted by Gasteiger charge is -2.31. The van der Waals surface area contributed by atoms with Gasteiger partial charge in [-0.15, -0.1) is 0 Å². The van der Waals surface area contributed by atoms with E-state index >= 15 is 0 Å². The Morgan fingerprint density at radius 1 is 0.543 bits per heavy atom. The minimum absolute atomic E-state index is 1.00. The second-order valence-electron chi connectivity index (χ2n) is 10.6. The summed E-state index contributed by atoms with van der Waals surface area (Å²) in [6, 6.07) is 21.9. The monoisotopic (exact) mass is 468 g/mol. The lowest BCUT2D eigenvalue weighted by molar-refractivity contribution is 1.30. The smallest absolute Gasteiger partial charge is 0.0795 e. The molecule has 0 fully saturated rings. The third-order valence-corrected chi connectivity index (χ3v) is 11.8. The molecule has 35 heavy (non-hydrogen) atoms. The Morgan fingerprint density at radius 3 is 1.34 bits per heavy atom. The van der Waals surface area contributed by atoms with Gasteiger partial charge in [0.1, 0.15) is 8.07 Å². The molecule has 4 aliphatic rings. The molecule has 0 saturated carbocycles. The topological polar surface area (TPSA) is 0 Å². The highest BCUT2D eigenvalue weighted by Crippen LogP contribution is 2.50. The molecule has 1 heteroatoms. The van der Waals surface area contributed by atoms with Gasteiger partial charge in [-0.3, -0.25) is 0 Å². The van der Waals surface area contributed by atoms with Crippen molar-refractivity contribution in [3.8, 4) is 0 Å². The summed E-state index contributed by atoms with van der Waals surface area (Å²) in [6.07, 6.45) is 16.5. The fourth-order valence-electron chi connectivity index (χ4n) is 6.69. The molecule has 0 heterocycles. The maximum atomic E-state index is 2.56. The van der Waals surface area contributed by atoms with Crippen molar-refractivity contribution in [2.45, 2.75) is 39.8 Å². The summed E-state index contributed by atoms with van der Waals surface area (Å²) in [5, 5.41) is 3.21. The molecule has 172 valence electrons. The molecule has 0 radical (unpaired) electrons. The third-order valence-electron chi connectivity index (χ3n) is 7.99. The van der Waals surface area contributed by atoms with Crippen LogP contribution in [0.5, 0.6) is 0 Å². The van der Waals surface area contributed by atoms with E-state index in [1.807, 2.05) is 0 Å². The number of hydrogen-bond acceptors (Lipinski definition) is 0. The normalized spacial score (nSPS) is 19.4. The minimum atomic E-state index is -1.99. The van der Waals surface area contributed by atoms with Gasteiger partial charge in [0.15, 0.2) is 0 Å². The highest BCUT2D eigenvalue weighted by atomic mass is 28.3. The first-order chi connectivity index (χ1) is 17.0. The summed E-state index contributed by atoms with van der Waals surface area (Å²) >= 11 is 0. The maximum Gasteiger partial charge on any atom is 0.114 e. The van der Waals surface area contributed by atoms with Crippen LogP contribution in [0.15, 0.2) is 141 Å². The largest absolute Gasteiger partial charge is 0.114 e. The predicted octanol–water partition coefficient (Wildman–Crippen LogP) is 9.11. The number of fused-ring (bicyclic) bond motifs is 2. The van der Waals surface area contributed by atoms with E-state index in [0.29, 0.717) is 0 Å². The molecule has 0 bridgehead atoms. The van der Waals surface area contributed by atoms with Crippen LogP contribution in [-0.2, 0) is 0 Å². The summed E-state index contributed by atoms with van der Waals surface area (Å²) in [7, 11) is -1.99. The predicted molar refractivity (Wildman–Crippen MR) is 153 cm³/mol. The third kappa shape index (κ3) is 3.49. The quantitative estimate of drug-likeness (QED) is 0.392. The Morgan fingerprint density at radius 2 is 0.943 bits per heavy atom.